The van der Waals surface area contributed by atoms with E-state index in [1.165, 1.54) is 24.0 Å². The maximum absolute atomic E-state index is 6.70. The lowest BCUT2D eigenvalue weighted by Crippen LogP contribution is -2.38. The second kappa shape index (κ2) is 5.26. The molecule has 1 aliphatic heterocycles. The molecule has 1 aromatic carbocycles. The predicted octanol–water partition coefficient (Wildman–Crippen LogP) is 4.94. The van der Waals surface area contributed by atoms with E-state index in [9.17, 15) is 0 Å². The van der Waals surface area contributed by atoms with Crippen LogP contribution in [0.2, 0.25) is 0 Å². The number of alkyl halides is 1. The summed E-state index contributed by atoms with van der Waals surface area (Å²) in [7, 11) is 0. The Labute approximate surface area is 127 Å². The second-order valence-corrected chi connectivity index (χ2v) is 7.74. The number of benzene rings is 1. The Morgan fingerprint density at radius 1 is 1.25 bits per heavy atom. The summed E-state index contributed by atoms with van der Waals surface area (Å²) in [6.45, 7) is 7.88. The molecule has 3 atom stereocenters. The summed E-state index contributed by atoms with van der Waals surface area (Å²) in [5.74, 6) is 2.42. The van der Waals surface area contributed by atoms with Crippen molar-refractivity contribution in [3.05, 3.63) is 29.3 Å². The molecule has 0 bridgehead atoms. The first-order valence-corrected chi connectivity index (χ1v) is 8.32. The van der Waals surface area contributed by atoms with Gasteiger partial charge in [0.05, 0.1) is 6.61 Å². The highest BCUT2D eigenvalue weighted by Crippen LogP contribution is 2.45. The molecular weight excluding hydrogens is 268 g/mol. The lowest BCUT2D eigenvalue weighted by molar-refractivity contribution is 0.207. The van der Waals surface area contributed by atoms with E-state index in [4.69, 9.17) is 16.3 Å². The molecule has 0 N–H and O–H groups in total. The SMILES string of the molecule is CC1CCC(C(C)(C)c2ccc3c(c2)CCO3)C(Cl)C1. The summed E-state index contributed by atoms with van der Waals surface area (Å²) in [4.78, 5) is 0. The van der Waals surface area contributed by atoms with Crippen LogP contribution in [0.5, 0.6) is 5.75 Å². The molecule has 1 heterocycles. The van der Waals surface area contributed by atoms with Gasteiger partial charge in [0.1, 0.15) is 5.75 Å². The molecule has 1 fully saturated rings. The van der Waals surface area contributed by atoms with Crippen LogP contribution in [-0.4, -0.2) is 12.0 Å². The fourth-order valence-electron chi connectivity index (χ4n) is 3.93. The summed E-state index contributed by atoms with van der Waals surface area (Å²) in [5, 5.41) is 0.304. The van der Waals surface area contributed by atoms with Gasteiger partial charge in [-0.2, -0.15) is 0 Å². The van der Waals surface area contributed by atoms with Crippen LogP contribution in [0.4, 0.5) is 0 Å². The fourth-order valence-corrected chi connectivity index (χ4v) is 4.67. The van der Waals surface area contributed by atoms with Crippen molar-refractivity contribution in [3.8, 4) is 5.75 Å². The van der Waals surface area contributed by atoms with Crippen molar-refractivity contribution in [1.29, 1.82) is 0 Å². The molecule has 0 radical (unpaired) electrons. The highest BCUT2D eigenvalue weighted by molar-refractivity contribution is 6.20. The third-order valence-corrected chi connectivity index (χ3v) is 5.88. The van der Waals surface area contributed by atoms with Gasteiger partial charge >= 0.3 is 0 Å². The minimum Gasteiger partial charge on any atom is -0.493 e. The van der Waals surface area contributed by atoms with E-state index >= 15 is 0 Å². The van der Waals surface area contributed by atoms with E-state index in [0.717, 1.165) is 31.1 Å². The molecule has 110 valence electrons. The van der Waals surface area contributed by atoms with E-state index in [-0.39, 0.29) is 5.41 Å². The molecule has 0 aromatic heterocycles. The van der Waals surface area contributed by atoms with E-state index in [0.29, 0.717) is 11.3 Å². The lowest BCUT2D eigenvalue weighted by Gasteiger charge is -2.42. The van der Waals surface area contributed by atoms with Gasteiger partial charge in [-0.1, -0.05) is 39.3 Å². The summed E-state index contributed by atoms with van der Waals surface area (Å²) in [5.41, 5.74) is 2.93. The van der Waals surface area contributed by atoms with Crippen LogP contribution < -0.4 is 4.74 Å². The smallest absolute Gasteiger partial charge is 0.122 e. The minimum absolute atomic E-state index is 0.143. The zero-order valence-electron chi connectivity index (χ0n) is 12.8. The quantitative estimate of drug-likeness (QED) is 0.701. The Hall–Kier alpha value is -0.690. The molecule has 1 nitrogen and oxygen atoms in total. The predicted molar refractivity (Wildman–Crippen MR) is 84.8 cm³/mol. The molecule has 1 aromatic rings. The van der Waals surface area contributed by atoms with Crippen LogP contribution in [0.3, 0.4) is 0 Å². The molecule has 0 amide bonds. The van der Waals surface area contributed by atoms with Gasteiger partial charge in [-0.05, 0) is 47.3 Å². The normalized spacial score (nSPS) is 29.9. The standard InChI is InChI=1S/C18H25ClO/c1-12-4-6-15(16(19)10-12)18(2,3)14-5-7-17-13(11-14)8-9-20-17/h5,7,11-12,15-16H,4,6,8-10H2,1-3H3. The maximum Gasteiger partial charge on any atom is 0.122 e. The minimum atomic E-state index is 0.143. The molecule has 1 aliphatic carbocycles. The average molecular weight is 293 g/mol. The van der Waals surface area contributed by atoms with Crippen LogP contribution in [0.25, 0.3) is 0 Å². The molecule has 2 aliphatic rings. The van der Waals surface area contributed by atoms with Crippen molar-refractivity contribution in [2.75, 3.05) is 6.61 Å². The third kappa shape index (κ3) is 2.45. The second-order valence-electron chi connectivity index (χ2n) is 7.18. The van der Waals surface area contributed by atoms with Gasteiger partial charge in [0, 0.05) is 11.8 Å². The highest BCUT2D eigenvalue weighted by atomic mass is 35.5. The van der Waals surface area contributed by atoms with Gasteiger partial charge in [-0.25, -0.2) is 0 Å². The first-order chi connectivity index (χ1) is 9.48. The first-order valence-electron chi connectivity index (χ1n) is 7.88. The van der Waals surface area contributed by atoms with E-state index < -0.39 is 0 Å². The molecule has 3 unspecified atom stereocenters. The lowest BCUT2D eigenvalue weighted by atomic mass is 9.65. The van der Waals surface area contributed by atoms with E-state index in [1.807, 2.05) is 0 Å². The molecule has 1 saturated carbocycles. The monoisotopic (exact) mass is 292 g/mol. The molecule has 20 heavy (non-hydrogen) atoms. The van der Waals surface area contributed by atoms with Crippen molar-refractivity contribution < 1.29 is 4.74 Å². The zero-order chi connectivity index (χ0) is 14.3. The largest absolute Gasteiger partial charge is 0.493 e. The van der Waals surface area contributed by atoms with Gasteiger partial charge in [0.2, 0.25) is 0 Å². The van der Waals surface area contributed by atoms with Crippen LogP contribution in [0, 0.1) is 11.8 Å². The highest BCUT2D eigenvalue weighted by Gasteiger charge is 2.39. The Balaban J connectivity index is 1.87. The molecule has 2 heteroatoms. The van der Waals surface area contributed by atoms with Crippen LogP contribution in [0.15, 0.2) is 18.2 Å². The number of ether oxygens (including phenoxy) is 1. The Morgan fingerprint density at radius 2 is 2.05 bits per heavy atom. The Bertz CT molecular complexity index is 494. The number of halogens is 1. The number of hydrogen-bond donors (Lipinski definition) is 0. The molecule has 3 rings (SSSR count). The first kappa shape index (κ1) is 14.3. The van der Waals surface area contributed by atoms with Crippen molar-refractivity contribution in [3.63, 3.8) is 0 Å². The van der Waals surface area contributed by atoms with Crippen LogP contribution >= 0.6 is 11.6 Å². The van der Waals surface area contributed by atoms with Gasteiger partial charge in [-0.15, -0.1) is 11.6 Å². The fraction of sp³-hybridized carbons (Fsp3) is 0.667. The number of rotatable bonds is 2. The van der Waals surface area contributed by atoms with Crippen molar-refractivity contribution in [2.24, 2.45) is 11.8 Å². The summed E-state index contributed by atoms with van der Waals surface area (Å²) >= 11 is 6.70. The topological polar surface area (TPSA) is 9.23 Å². The number of hydrogen-bond acceptors (Lipinski definition) is 1. The molecule has 0 spiro atoms. The third-order valence-electron chi connectivity index (χ3n) is 5.40. The molecule has 0 saturated heterocycles. The van der Waals surface area contributed by atoms with E-state index in [1.54, 1.807) is 0 Å². The average Bonchev–Trinajstić information content (AvgIpc) is 2.85. The summed E-state index contributed by atoms with van der Waals surface area (Å²) in [6.07, 6.45) is 4.76. The van der Waals surface area contributed by atoms with Crippen LogP contribution in [-0.2, 0) is 11.8 Å². The van der Waals surface area contributed by atoms with Gasteiger partial charge in [0.15, 0.2) is 0 Å². The van der Waals surface area contributed by atoms with E-state index in [2.05, 4.69) is 39.0 Å². The van der Waals surface area contributed by atoms with Crippen molar-refractivity contribution >= 4 is 11.6 Å². The Morgan fingerprint density at radius 3 is 2.80 bits per heavy atom. The zero-order valence-corrected chi connectivity index (χ0v) is 13.5. The number of fused-ring (bicyclic) bond motifs is 1. The van der Waals surface area contributed by atoms with Gasteiger partial charge < -0.3 is 4.74 Å². The molecular formula is C18H25ClO. The Kier molecular flexibility index (Phi) is 3.75. The summed E-state index contributed by atoms with van der Waals surface area (Å²) in [6, 6.07) is 6.74. The van der Waals surface area contributed by atoms with Crippen molar-refractivity contribution in [1.82, 2.24) is 0 Å². The maximum atomic E-state index is 6.70. The summed E-state index contributed by atoms with van der Waals surface area (Å²) < 4.78 is 5.62. The van der Waals surface area contributed by atoms with Gasteiger partial charge in [-0.3, -0.25) is 0 Å². The van der Waals surface area contributed by atoms with Crippen molar-refractivity contribution in [2.45, 2.75) is 57.2 Å². The van der Waals surface area contributed by atoms with Crippen LogP contribution in [0.1, 0.15) is 51.2 Å². The van der Waals surface area contributed by atoms with Gasteiger partial charge in [0.25, 0.3) is 0 Å².